The highest BCUT2D eigenvalue weighted by atomic mass is 16.5. The first kappa shape index (κ1) is 95.8. The van der Waals surface area contributed by atoms with E-state index in [0.29, 0.717) is 19.6 Å². The van der Waals surface area contributed by atoms with Gasteiger partial charge in [0.15, 0.2) is 0 Å². The molecular weight excluding hydrogens is 1870 g/mol. The highest BCUT2D eigenvalue weighted by Crippen LogP contribution is 2.51. The van der Waals surface area contributed by atoms with Crippen molar-refractivity contribution in [3.05, 3.63) is 435 Å². The molecule has 22 rings (SSSR count). The van der Waals surface area contributed by atoms with Gasteiger partial charge in [-0.25, -0.2) is 0 Å². The second kappa shape index (κ2) is 42.0. The lowest BCUT2D eigenvalue weighted by Gasteiger charge is -2.26. The molecule has 0 saturated carbocycles. The first-order chi connectivity index (χ1) is 73.7. The second-order valence-electron chi connectivity index (χ2n) is 36.5. The Bertz CT molecular complexity index is 7020. The number of fused-ring (bicyclic) bond motifs is 9. The molecule has 0 fully saturated rings. The zero-order valence-corrected chi connectivity index (χ0v) is 85.4. The third kappa shape index (κ3) is 18.8. The zero-order valence-electron chi connectivity index (χ0n) is 85.4. The molecule has 3 heterocycles. The molecule has 19 aromatic carbocycles. The highest BCUT2D eigenvalue weighted by Gasteiger charge is 2.28. The van der Waals surface area contributed by atoms with Gasteiger partial charge in [-0.1, -0.05) is 18.2 Å². The van der Waals surface area contributed by atoms with Gasteiger partial charge in [-0.15, -0.1) is 0 Å². The van der Waals surface area contributed by atoms with E-state index in [1.54, 1.807) is 85.3 Å². The van der Waals surface area contributed by atoms with Crippen LogP contribution in [0.25, 0.3) is 65.4 Å². The van der Waals surface area contributed by atoms with Crippen molar-refractivity contribution in [2.45, 2.75) is 19.6 Å². The van der Waals surface area contributed by atoms with Gasteiger partial charge in [0.05, 0.1) is 85.3 Å². The molecule has 0 radical (unpaired) electrons. The molecule has 0 amide bonds. The Morgan fingerprint density at radius 2 is 0.227 bits per heavy atom. The molecule has 3 aromatic heterocycles. The number of hydrogen-bond donors (Lipinski definition) is 0. The molecule has 150 heavy (non-hydrogen) atoms. The summed E-state index contributed by atoms with van der Waals surface area (Å²) in [5.74, 6) is 8.97. The standard InChI is InChI=1S/C129H111N9O12/c1-139-106-43-13-88(14-44-106)133(89-15-45-107(140-2)46-16-89)100-37-67-124-118(76-100)119-77-101(134(90-17-47-108(141-3)48-18-90)91-19-49-109(142-4)50-20-91)38-68-125(119)130(124)82-85-73-86(83-131-126-69-39-102(135(92-21-51-110(143-5)52-22-92)93-23-53-111(144-6)54-24-93)78-120(126)121-79-103(40-70-127(121)131)136(94-25-55-112(145-7)56-26-94)95-27-57-113(146-8)58-28-95)75-87(74-85)84-132-128-71-41-104(137(96-29-59-114(147-9)60-30-96)97-31-61-115(148-10)62-32-97)80-122(128)123-81-105(42-72-129(123)132)138(98-33-63-116(149-11)64-34-98)99-35-65-117(150-12)66-36-99/h13-81H,82-84H2,1-12H3. The van der Waals surface area contributed by atoms with Crippen molar-refractivity contribution in [2.75, 3.05) is 115 Å². The number of methoxy groups -OCH3 is 12. The maximum absolute atomic E-state index is 5.80. The molecule has 0 spiro atoms. The molecule has 0 unspecified atom stereocenters. The van der Waals surface area contributed by atoms with Gasteiger partial charge in [0.25, 0.3) is 0 Å². The summed E-state index contributed by atoms with van der Waals surface area (Å²) in [6.45, 7) is 1.33. The average molecular weight is 1980 g/mol. The van der Waals surface area contributed by atoms with Gasteiger partial charge in [0.2, 0.25) is 0 Å². The van der Waals surface area contributed by atoms with E-state index in [1.807, 2.05) is 146 Å². The van der Waals surface area contributed by atoms with Gasteiger partial charge in [-0.3, -0.25) is 0 Å². The topological polar surface area (TPSA) is 145 Å². The van der Waals surface area contributed by atoms with Crippen LogP contribution in [0.2, 0.25) is 0 Å². The zero-order chi connectivity index (χ0) is 103. The fourth-order valence-corrected chi connectivity index (χ4v) is 20.7. The fraction of sp³-hybridized carbons (Fsp3) is 0.116. The van der Waals surface area contributed by atoms with Gasteiger partial charge in [0.1, 0.15) is 69.0 Å². The smallest absolute Gasteiger partial charge is 0.119 e. The molecule has 744 valence electrons. The molecule has 0 saturated heterocycles. The van der Waals surface area contributed by atoms with Gasteiger partial charge >= 0.3 is 0 Å². The molecule has 21 nitrogen and oxygen atoms in total. The van der Waals surface area contributed by atoms with Gasteiger partial charge in [-0.2, -0.15) is 0 Å². The summed E-state index contributed by atoms with van der Waals surface area (Å²) in [6.07, 6.45) is 0. The van der Waals surface area contributed by atoms with Crippen LogP contribution in [0.1, 0.15) is 16.7 Å². The van der Waals surface area contributed by atoms with Crippen LogP contribution >= 0.6 is 0 Å². The summed E-state index contributed by atoms with van der Waals surface area (Å²) in [5, 5.41) is 6.22. The molecule has 0 N–H and O–H groups in total. The Morgan fingerprint density at radius 1 is 0.127 bits per heavy atom. The van der Waals surface area contributed by atoms with Crippen LogP contribution in [0.15, 0.2) is 419 Å². The predicted molar refractivity (Wildman–Crippen MR) is 609 cm³/mol. The first-order valence-corrected chi connectivity index (χ1v) is 49.5. The van der Waals surface area contributed by atoms with Crippen molar-refractivity contribution in [3.8, 4) is 69.0 Å². The SMILES string of the molecule is COc1ccc(N(c2ccc(OC)cc2)c2ccc3c(c2)c2cc(N(c4ccc(OC)cc4)c4ccc(OC)cc4)ccc2n3Cc2cc(Cn3c4ccc(N(c5ccc(OC)cc5)c5ccc(OC)cc5)cc4c4cc(N(c5ccc(OC)cc5)c5ccc(OC)cc5)ccc43)cc(Cn3c4ccc(N(c5ccc(OC)cc5)c5ccc(OC)cc5)cc4c4cc(N(c5ccc(OC)cc5)c5ccc(OC)cc5)ccc43)c2)cc1. The van der Waals surface area contributed by atoms with E-state index < -0.39 is 0 Å². The van der Waals surface area contributed by atoms with Crippen molar-refractivity contribution in [3.63, 3.8) is 0 Å². The number of anilines is 18. The van der Waals surface area contributed by atoms with Crippen LogP contribution in [-0.4, -0.2) is 99.0 Å². The average Bonchev–Trinajstić information content (AvgIpc) is 1.59. The molecule has 0 aliphatic rings. The lowest BCUT2D eigenvalue weighted by Crippen LogP contribution is -2.10. The molecular formula is C129H111N9O12. The van der Waals surface area contributed by atoms with Crippen LogP contribution < -0.4 is 86.2 Å². The van der Waals surface area contributed by atoms with E-state index in [1.165, 1.54) is 0 Å². The number of ether oxygens (including phenoxy) is 12. The van der Waals surface area contributed by atoms with Crippen LogP contribution in [0.5, 0.6) is 69.0 Å². The van der Waals surface area contributed by atoms with Crippen molar-refractivity contribution >= 4 is 168 Å². The second-order valence-corrected chi connectivity index (χ2v) is 36.5. The summed E-state index contributed by atoms with van der Waals surface area (Å²) in [4.78, 5) is 13.8. The van der Waals surface area contributed by atoms with Crippen molar-refractivity contribution in [1.82, 2.24) is 13.7 Å². The van der Waals surface area contributed by atoms with E-state index in [-0.39, 0.29) is 0 Å². The summed E-state index contributed by atoms with van der Waals surface area (Å²) in [7, 11) is 20.4. The largest absolute Gasteiger partial charge is 0.497 e. The summed E-state index contributed by atoms with van der Waals surface area (Å²) >= 11 is 0. The Labute approximate surface area is 871 Å². The van der Waals surface area contributed by atoms with Crippen LogP contribution in [0, 0.1) is 0 Å². The van der Waals surface area contributed by atoms with E-state index in [4.69, 9.17) is 56.8 Å². The molecule has 22 aromatic rings. The van der Waals surface area contributed by atoms with E-state index >= 15 is 0 Å². The Morgan fingerprint density at radius 3 is 0.327 bits per heavy atom. The Hall–Kier alpha value is -19.0. The predicted octanol–water partition coefficient (Wildman–Crippen LogP) is 32.1. The van der Waals surface area contributed by atoms with Gasteiger partial charge in [0, 0.05) is 187 Å². The molecule has 0 aliphatic carbocycles. The minimum Gasteiger partial charge on any atom is -0.497 e. The fourth-order valence-electron chi connectivity index (χ4n) is 20.7. The summed E-state index contributed by atoms with van der Waals surface area (Å²) in [6, 6.07) is 147. The van der Waals surface area contributed by atoms with Crippen molar-refractivity contribution in [1.29, 1.82) is 0 Å². The Balaban J connectivity index is 0.784. The monoisotopic (exact) mass is 1980 g/mol. The van der Waals surface area contributed by atoms with E-state index in [9.17, 15) is 0 Å². The molecule has 0 atom stereocenters. The molecule has 0 aliphatic heterocycles. The minimum absolute atomic E-state index is 0.443. The molecule has 21 heteroatoms. The number of aromatic nitrogens is 3. The van der Waals surface area contributed by atoms with E-state index in [2.05, 4.69) is 316 Å². The lowest BCUT2D eigenvalue weighted by atomic mass is 10.0. The van der Waals surface area contributed by atoms with Crippen molar-refractivity contribution in [2.24, 2.45) is 0 Å². The summed E-state index contributed by atoms with van der Waals surface area (Å²) in [5.41, 5.74) is 26.3. The third-order valence-electron chi connectivity index (χ3n) is 28.1. The lowest BCUT2D eigenvalue weighted by molar-refractivity contribution is 0.414. The number of benzene rings is 19. The van der Waals surface area contributed by atoms with Gasteiger partial charge < -0.3 is 99.9 Å². The number of hydrogen-bond acceptors (Lipinski definition) is 18. The first-order valence-electron chi connectivity index (χ1n) is 49.5. The van der Waals surface area contributed by atoms with Crippen molar-refractivity contribution < 1.29 is 56.8 Å². The third-order valence-corrected chi connectivity index (χ3v) is 28.1. The molecule has 0 bridgehead atoms. The number of rotatable bonds is 36. The van der Waals surface area contributed by atoms with Crippen LogP contribution in [0.3, 0.4) is 0 Å². The van der Waals surface area contributed by atoms with Crippen LogP contribution in [-0.2, 0) is 19.6 Å². The summed E-state index contributed by atoms with van der Waals surface area (Å²) < 4.78 is 77.2. The van der Waals surface area contributed by atoms with Gasteiger partial charge in [-0.05, 0) is 417 Å². The number of nitrogens with zero attached hydrogens (tertiary/aromatic N) is 9. The Kier molecular flexibility index (Phi) is 26.8. The highest BCUT2D eigenvalue weighted by molar-refractivity contribution is 6.14. The quantitative estimate of drug-likeness (QED) is 0.0367. The maximum Gasteiger partial charge on any atom is 0.119 e. The normalized spacial score (nSPS) is 11.3. The minimum atomic E-state index is 0.443. The van der Waals surface area contributed by atoms with Crippen LogP contribution in [0.4, 0.5) is 102 Å². The van der Waals surface area contributed by atoms with E-state index in [0.717, 1.165) is 253 Å². The maximum atomic E-state index is 5.80.